The zero-order valence-electron chi connectivity index (χ0n) is 11.7. The van der Waals surface area contributed by atoms with E-state index in [1.165, 1.54) is 16.7 Å². The van der Waals surface area contributed by atoms with E-state index in [4.69, 9.17) is 0 Å². The Morgan fingerprint density at radius 3 is 2.29 bits per heavy atom. The molecule has 0 saturated heterocycles. The van der Waals surface area contributed by atoms with Crippen LogP contribution >= 0.6 is 0 Å². The minimum Gasteiger partial charge on any atom is -0.0661 e. The maximum atomic E-state index is 2.40. The van der Waals surface area contributed by atoms with Crippen LogP contribution in [0.25, 0.3) is 6.08 Å². The zero-order chi connectivity index (χ0) is 12.6. The third kappa shape index (κ3) is 2.46. The first-order valence-electron chi connectivity index (χ1n) is 6.66. The van der Waals surface area contributed by atoms with Crippen molar-refractivity contribution < 1.29 is 0 Å². The molecule has 0 unspecified atom stereocenters. The molecule has 0 bridgehead atoms. The van der Waals surface area contributed by atoms with Crippen LogP contribution in [0.15, 0.2) is 23.8 Å². The molecule has 1 aromatic rings. The number of benzene rings is 1. The second-order valence-electron chi connectivity index (χ2n) is 5.82. The van der Waals surface area contributed by atoms with Crippen molar-refractivity contribution in [1.82, 2.24) is 0 Å². The summed E-state index contributed by atoms with van der Waals surface area (Å²) in [6.45, 7) is 11.4. The second-order valence-corrected chi connectivity index (χ2v) is 5.82. The number of allylic oxidation sites excluding steroid dienone is 1. The Kier molecular flexibility index (Phi) is 3.42. The number of rotatable bonds is 2. The van der Waals surface area contributed by atoms with Crippen molar-refractivity contribution >= 4 is 6.08 Å². The van der Waals surface area contributed by atoms with Gasteiger partial charge in [-0.15, -0.1) is 0 Å². The van der Waals surface area contributed by atoms with Crippen LogP contribution in [0, 0.1) is 24.7 Å². The molecule has 0 nitrogen and oxygen atoms in total. The van der Waals surface area contributed by atoms with Gasteiger partial charge in [0.2, 0.25) is 0 Å². The first-order valence-corrected chi connectivity index (χ1v) is 6.66. The van der Waals surface area contributed by atoms with E-state index in [2.05, 4.69) is 58.9 Å². The molecule has 0 heterocycles. The maximum Gasteiger partial charge on any atom is 0.0122 e. The van der Waals surface area contributed by atoms with E-state index in [1.54, 1.807) is 11.5 Å². The lowest BCUT2D eigenvalue weighted by Crippen LogP contribution is -2.16. The monoisotopic (exact) mass is 227 g/mol. The Balaban J connectivity index is 2.50. The summed E-state index contributed by atoms with van der Waals surface area (Å²) < 4.78 is 0. The number of fused-ring (bicyclic) bond motifs is 1. The Bertz CT molecular complexity index is 435. The van der Waals surface area contributed by atoms with Gasteiger partial charge in [-0.1, -0.05) is 63.1 Å². The van der Waals surface area contributed by atoms with Crippen molar-refractivity contribution in [3.05, 3.63) is 46.4 Å². The summed E-state index contributed by atoms with van der Waals surface area (Å²) in [4.78, 5) is 0. The van der Waals surface area contributed by atoms with Crippen molar-refractivity contribution in [1.29, 1.82) is 0 Å². The number of aryl methyl sites for hydroxylation is 1. The van der Waals surface area contributed by atoms with Crippen molar-refractivity contribution in [3.8, 4) is 0 Å². The highest BCUT2D eigenvalue weighted by Crippen LogP contribution is 2.39. The van der Waals surface area contributed by atoms with E-state index >= 15 is 0 Å². The Hall–Kier alpha value is -1.04. The van der Waals surface area contributed by atoms with Crippen LogP contribution < -0.4 is 0 Å². The molecule has 0 saturated carbocycles. The molecular weight excluding hydrogens is 204 g/mol. The van der Waals surface area contributed by atoms with Gasteiger partial charge in [-0.05, 0) is 36.3 Å². The molecule has 0 heteroatoms. The first kappa shape index (κ1) is 12.4. The van der Waals surface area contributed by atoms with E-state index < -0.39 is 0 Å². The molecular formula is C17H23. The number of hydrogen-bond donors (Lipinski definition) is 0. The van der Waals surface area contributed by atoms with Gasteiger partial charge in [0.25, 0.3) is 0 Å². The second kappa shape index (κ2) is 4.68. The van der Waals surface area contributed by atoms with E-state index in [9.17, 15) is 0 Å². The first-order chi connectivity index (χ1) is 7.99. The molecule has 0 aliphatic heterocycles. The third-order valence-corrected chi connectivity index (χ3v) is 3.73. The van der Waals surface area contributed by atoms with Gasteiger partial charge in [0.1, 0.15) is 0 Å². The molecule has 1 aromatic carbocycles. The summed E-state index contributed by atoms with van der Waals surface area (Å²) in [5.41, 5.74) is 5.82. The van der Waals surface area contributed by atoms with Gasteiger partial charge in [-0.2, -0.15) is 0 Å². The van der Waals surface area contributed by atoms with Gasteiger partial charge in [-0.3, -0.25) is 0 Å². The van der Waals surface area contributed by atoms with Gasteiger partial charge in [0.05, 0.1) is 0 Å². The normalized spacial score (nSPS) is 16.3. The molecule has 17 heavy (non-hydrogen) atoms. The molecule has 0 amide bonds. The van der Waals surface area contributed by atoms with E-state index in [-0.39, 0.29) is 0 Å². The van der Waals surface area contributed by atoms with E-state index in [1.807, 2.05) is 0 Å². The minimum absolute atomic E-state index is 0.638. The summed E-state index contributed by atoms with van der Waals surface area (Å²) in [5.74, 6) is 2.89. The molecule has 1 aliphatic rings. The Morgan fingerprint density at radius 1 is 1.00 bits per heavy atom. The van der Waals surface area contributed by atoms with Crippen LogP contribution in [0.1, 0.15) is 50.8 Å². The average molecular weight is 227 g/mol. The van der Waals surface area contributed by atoms with Crippen molar-refractivity contribution in [2.75, 3.05) is 0 Å². The van der Waals surface area contributed by atoms with Gasteiger partial charge < -0.3 is 0 Å². The lowest BCUT2D eigenvalue weighted by Gasteiger charge is -2.30. The highest BCUT2D eigenvalue weighted by Gasteiger charge is 2.25. The maximum absolute atomic E-state index is 2.40. The standard InChI is InChI=1S/C17H23/c1-11(2)14-9-15-8-13(5)6-7-16(15)17(10-14)12(3)4/h6-9,11-12H,10H2,1-5H3. The van der Waals surface area contributed by atoms with Crippen LogP contribution in [-0.2, 0) is 0 Å². The largest absolute Gasteiger partial charge is 0.0661 e. The number of hydrogen-bond acceptors (Lipinski definition) is 0. The van der Waals surface area contributed by atoms with Crippen LogP contribution in [0.4, 0.5) is 0 Å². The fourth-order valence-corrected chi connectivity index (χ4v) is 2.55. The summed E-state index contributed by atoms with van der Waals surface area (Å²) in [7, 11) is 0. The molecule has 91 valence electrons. The van der Waals surface area contributed by atoms with Crippen LogP contribution in [0.3, 0.4) is 0 Å². The summed E-state index contributed by atoms with van der Waals surface area (Å²) >= 11 is 0. The van der Waals surface area contributed by atoms with Crippen molar-refractivity contribution in [3.63, 3.8) is 0 Å². The molecule has 1 radical (unpaired) electrons. The SMILES string of the molecule is Cc1ccc2c(c1)C=C(C(C)C)C[C]2C(C)C. The zero-order valence-corrected chi connectivity index (χ0v) is 11.7. The third-order valence-electron chi connectivity index (χ3n) is 3.73. The van der Waals surface area contributed by atoms with E-state index in [0.717, 1.165) is 6.42 Å². The Labute approximate surface area is 106 Å². The quantitative estimate of drug-likeness (QED) is 0.665. The molecule has 0 spiro atoms. The van der Waals surface area contributed by atoms with Crippen molar-refractivity contribution in [2.45, 2.75) is 41.0 Å². The van der Waals surface area contributed by atoms with Crippen LogP contribution in [0.5, 0.6) is 0 Å². The van der Waals surface area contributed by atoms with E-state index in [0.29, 0.717) is 11.8 Å². The predicted molar refractivity (Wildman–Crippen MR) is 75.8 cm³/mol. The summed E-state index contributed by atoms with van der Waals surface area (Å²) in [6, 6.07) is 6.85. The van der Waals surface area contributed by atoms with Crippen molar-refractivity contribution in [2.24, 2.45) is 11.8 Å². The van der Waals surface area contributed by atoms with Crippen LogP contribution in [0.2, 0.25) is 0 Å². The fourth-order valence-electron chi connectivity index (χ4n) is 2.55. The van der Waals surface area contributed by atoms with Gasteiger partial charge in [-0.25, -0.2) is 0 Å². The lowest BCUT2D eigenvalue weighted by atomic mass is 9.74. The highest BCUT2D eigenvalue weighted by atomic mass is 14.3. The van der Waals surface area contributed by atoms with Gasteiger partial charge >= 0.3 is 0 Å². The molecule has 2 rings (SSSR count). The van der Waals surface area contributed by atoms with Crippen LogP contribution in [-0.4, -0.2) is 0 Å². The topological polar surface area (TPSA) is 0 Å². The predicted octanol–water partition coefficient (Wildman–Crippen LogP) is 5.02. The average Bonchev–Trinajstić information content (AvgIpc) is 2.26. The lowest BCUT2D eigenvalue weighted by molar-refractivity contribution is 0.617. The molecule has 0 N–H and O–H groups in total. The molecule has 1 aliphatic carbocycles. The molecule has 0 aromatic heterocycles. The fraction of sp³-hybridized carbons (Fsp3) is 0.471. The summed E-state index contributed by atoms with van der Waals surface area (Å²) in [6.07, 6.45) is 3.56. The highest BCUT2D eigenvalue weighted by molar-refractivity contribution is 5.66. The summed E-state index contributed by atoms with van der Waals surface area (Å²) in [5, 5.41) is 0. The van der Waals surface area contributed by atoms with Gasteiger partial charge in [0, 0.05) is 5.92 Å². The minimum atomic E-state index is 0.638. The molecule has 0 fully saturated rings. The molecule has 0 atom stereocenters. The Morgan fingerprint density at radius 2 is 1.71 bits per heavy atom. The smallest absolute Gasteiger partial charge is 0.0122 e. The van der Waals surface area contributed by atoms with Gasteiger partial charge in [0.15, 0.2) is 0 Å².